The van der Waals surface area contributed by atoms with Gasteiger partial charge >= 0.3 is 0 Å². The molecule has 0 radical (unpaired) electrons. The summed E-state index contributed by atoms with van der Waals surface area (Å²) < 4.78 is 6.07. The molecule has 2 heteroatoms. The molecular weight excluding hydrogens is 308 g/mol. The largest absolute Gasteiger partial charge is 0.493 e. The Hall–Kier alpha value is -1.80. The monoisotopic (exact) mass is 338 g/mol. The van der Waals surface area contributed by atoms with E-state index >= 15 is 0 Å². The van der Waals surface area contributed by atoms with Gasteiger partial charge in [-0.2, -0.15) is 0 Å². The molecule has 0 fully saturated rings. The number of aliphatic hydroxyl groups excluding tert-OH is 1. The number of ether oxygens (including phenoxy) is 1. The molecule has 0 aromatic heterocycles. The van der Waals surface area contributed by atoms with Crippen LogP contribution in [0, 0.1) is 5.92 Å². The maximum absolute atomic E-state index is 10.3. The van der Waals surface area contributed by atoms with Crippen LogP contribution in [0.3, 0.4) is 0 Å². The Morgan fingerprint density at radius 1 is 1.08 bits per heavy atom. The van der Waals surface area contributed by atoms with Gasteiger partial charge in [0.15, 0.2) is 0 Å². The summed E-state index contributed by atoms with van der Waals surface area (Å²) in [6.07, 6.45) is 7.33. The second kappa shape index (κ2) is 9.05. The van der Waals surface area contributed by atoms with E-state index in [0.717, 1.165) is 43.6 Å². The van der Waals surface area contributed by atoms with Gasteiger partial charge in [0.2, 0.25) is 0 Å². The summed E-state index contributed by atoms with van der Waals surface area (Å²) in [5.41, 5.74) is 3.95. The lowest BCUT2D eigenvalue weighted by Crippen LogP contribution is -2.20. The zero-order valence-electron chi connectivity index (χ0n) is 15.3. The number of benzene rings is 2. The van der Waals surface area contributed by atoms with Gasteiger partial charge < -0.3 is 9.84 Å². The first-order chi connectivity index (χ1) is 12.3. The van der Waals surface area contributed by atoms with E-state index < -0.39 is 0 Å². The van der Waals surface area contributed by atoms with Crippen molar-refractivity contribution in [2.24, 2.45) is 5.92 Å². The van der Waals surface area contributed by atoms with Crippen LogP contribution in [0.15, 0.2) is 48.5 Å². The molecule has 2 nitrogen and oxygen atoms in total. The standard InChI is InChI=1S/C23H30O2/c1-2-3-4-12-23(24)21-10-7-11-22(16-21)25-17-18-13-14-19-8-5-6-9-20(19)15-18/h5-11,16,18,23-24H,2-4,12-15,17H2,1H3. The number of unbranched alkanes of at least 4 members (excludes halogenated alkanes) is 2. The molecule has 2 aromatic rings. The Bertz CT molecular complexity index is 665. The number of rotatable bonds is 8. The Balaban J connectivity index is 1.53. The SMILES string of the molecule is CCCCCC(O)c1cccc(OCC2CCc3ccccc3C2)c1. The maximum atomic E-state index is 10.3. The fourth-order valence-corrected chi connectivity index (χ4v) is 3.70. The summed E-state index contributed by atoms with van der Waals surface area (Å²) in [5, 5.41) is 10.3. The number of aryl methyl sites for hydroxylation is 1. The van der Waals surface area contributed by atoms with Crippen LogP contribution in [-0.4, -0.2) is 11.7 Å². The Labute approximate surface area is 151 Å². The van der Waals surface area contributed by atoms with E-state index in [4.69, 9.17) is 4.74 Å². The molecule has 2 unspecified atom stereocenters. The van der Waals surface area contributed by atoms with Crippen molar-refractivity contribution in [1.29, 1.82) is 0 Å². The molecule has 0 saturated heterocycles. The van der Waals surface area contributed by atoms with Crippen molar-refractivity contribution in [3.63, 3.8) is 0 Å². The Morgan fingerprint density at radius 3 is 2.76 bits per heavy atom. The van der Waals surface area contributed by atoms with Crippen molar-refractivity contribution in [3.8, 4) is 5.75 Å². The van der Waals surface area contributed by atoms with Crippen LogP contribution in [0.5, 0.6) is 5.75 Å². The molecule has 2 atom stereocenters. The van der Waals surface area contributed by atoms with Crippen molar-refractivity contribution in [2.75, 3.05) is 6.61 Å². The minimum Gasteiger partial charge on any atom is -0.493 e. The van der Waals surface area contributed by atoms with Crippen LogP contribution >= 0.6 is 0 Å². The first-order valence-electron chi connectivity index (χ1n) is 9.74. The molecule has 0 amide bonds. The molecule has 0 spiro atoms. The van der Waals surface area contributed by atoms with Crippen LogP contribution < -0.4 is 4.74 Å². The lowest BCUT2D eigenvalue weighted by molar-refractivity contribution is 0.162. The van der Waals surface area contributed by atoms with Crippen LogP contribution in [0.25, 0.3) is 0 Å². The smallest absolute Gasteiger partial charge is 0.119 e. The van der Waals surface area contributed by atoms with E-state index in [9.17, 15) is 5.11 Å². The second-order valence-electron chi connectivity index (χ2n) is 7.27. The van der Waals surface area contributed by atoms with Gasteiger partial charge in [0.25, 0.3) is 0 Å². The Morgan fingerprint density at radius 2 is 1.92 bits per heavy atom. The van der Waals surface area contributed by atoms with Crippen molar-refractivity contribution in [2.45, 2.75) is 58.0 Å². The first-order valence-corrected chi connectivity index (χ1v) is 9.74. The van der Waals surface area contributed by atoms with Gasteiger partial charge in [0.1, 0.15) is 5.75 Å². The summed E-state index contributed by atoms with van der Waals surface area (Å²) in [4.78, 5) is 0. The minimum absolute atomic E-state index is 0.378. The first kappa shape index (κ1) is 18.0. The molecule has 2 aromatic carbocycles. The minimum atomic E-state index is -0.378. The fourth-order valence-electron chi connectivity index (χ4n) is 3.70. The summed E-state index contributed by atoms with van der Waals surface area (Å²) in [6.45, 7) is 2.94. The third-order valence-corrected chi connectivity index (χ3v) is 5.26. The molecule has 0 aliphatic heterocycles. The predicted molar refractivity (Wildman–Crippen MR) is 103 cm³/mol. The van der Waals surface area contributed by atoms with E-state index in [-0.39, 0.29) is 6.10 Å². The molecule has 1 aliphatic carbocycles. The average molecular weight is 338 g/mol. The topological polar surface area (TPSA) is 29.5 Å². The molecule has 1 aliphatic rings. The van der Waals surface area contributed by atoms with E-state index in [2.05, 4.69) is 31.2 Å². The molecule has 0 bridgehead atoms. The Kier molecular flexibility index (Phi) is 6.52. The van der Waals surface area contributed by atoms with Gasteiger partial charge in [0, 0.05) is 0 Å². The number of fused-ring (bicyclic) bond motifs is 1. The molecule has 3 rings (SSSR count). The third-order valence-electron chi connectivity index (χ3n) is 5.26. The summed E-state index contributed by atoms with van der Waals surface area (Å²) in [7, 11) is 0. The highest BCUT2D eigenvalue weighted by molar-refractivity contribution is 5.31. The summed E-state index contributed by atoms with van der Waals surface area (Å²) in [6, 6.07) is 16.7. The van der Waals surface area contributed by atoms with Gasteiger partial charge in [-0.15, -0.1) is 0 Å². The molecule has 134 valence electrons. The number of hydrogen-bond acceptors (Lipinski definition) is 2. The lowest BCUT2D eigenvalue weighted by atomic mass is 9.84. The van der Waals surface area contributed by atoms with Gasteiger partial charge in [-0.3, -0.25) is 0 Å². The summed E-state index contributed by atoms with van der Waals surface area (Å²) >= 11 is 0. The van der Waals surface area contributed by atoms with Crippen LogP contribution in [0.4, 0.5) is 0 Å². The fraction of sp³-hybridized carbons (Fsp3) is 0.478. The maximum Gasteiger partial charge on any atom is 0.119 e. The van der Waals surface area contributed by atoms with Gasteiger partial charge in [-0.1, -0.05) is 62.6 Å². The quantitative estimate of drug-likeness (QED) is 0.645. The molecule has 0 heterocycles. The van der Waals surface area contributed by atoms with E-state index in [1.807, 2.05) is 24.3 Å². The van der Waals surface area contributed by atoms with Crippen LogP contribution in [0.2, 0.25) is 0 Å². The van der Waals surface area contributed by atoms with Crippen molar-refractivity contribution in [3.05, 3.63) is 65.2 Å². The van der Waals surface area contributed by atoms with Gasteiger partial charge in [0.05, 0.1) is 12.7 Å². The second-order valence-corrected chi connectivity index (χ2v) is 7.27. The van der Waals surface area contributed by atoms with E-state index in [0.29, 0.717) is 5.92 Å². The summed E-state index contributed by atoms with van der Waals surface area (Å²) in [5.74, 6) is 1.46. The molecular formula is C23H30O2. The number of aliphatic hydroxyl groups is 1. The lowest BCUT2D eigenvalue weighted by Gasteiger charge is -2.24. The van der Waals surface area contributed by atoms with Crippen molar-refractivity contribution >= 4 is 0 Å². The number of hydrogen-bond donors (Lipinski definition) is 1. The van der Waals surface area contributed by atoms with E-state index in [1.165, 1.54) is 30.4 Å². The zero-order chi connectivity index (χ0) is 17.5. The molecule has 25 heavy (non-hydrogen) atoms. The zero-order valence-corrected chi connectivity index (χ0v) is 15.3. The van der Waals surface area contributed by atoms with E-state index in [1.54, 1.807) is 0 Å². The third kappa shape index (κ3) is 5.09. The van der Waals surface area contributed by atoms with Crippen LogP contribution in [-0.2, 0) is 12.8 Å². The molecule has 0 saturated carbocycles. The highest BCUT2D eigenvalue weighted by Gasteiger charge is 2.19. The van der Waals surface area contributed by atoms with Gasteiger partial charge in [-0.05, 0) is 60.4 Å². The van der Waals surface area contributed by atoms with Crippen LogP contribution in [0.1, 0.15) is 61.8 Å². The molecule has 1 N–H and O–H groups in total. The highest BCUT2D eigenvalue weighted by atomic mass is 16.5. The van der Waals surface area contributed by atoms with Crippen molar-refractivity contribution < 1.29 is 9.84 Å². The van der Waals surface area contributed by atoms with Crippen molar-refractivity contribution in [1.82, 2.24) is 0 Å². The highest BCUT2D eigenvalue weighted by Crippen LogP contribution is 2.27. The normalized spacial score (nSPS) is 17.8. The predicted octanol–water partition coefficient (Wildman–Crippen LogP) is 5.48. The van der Waals surface area contributed by atoms with Gasteiger partial charge in [-0.25, -0.2) is 0 Å². The average Bonchev–Trinajstić information content (AvgIpc) is 2.66.